The molecule has 2 amide bonds. The number of benzene rings is 1. The van der Waals surface area contributed by atoms with Crippen molar-refractivity contribution in [3.05, 3.63) is 41.6 Å². The summed E-state index contributed by atoms with van der Waals surface area (Å²) in [6.07, 6.45) is 1.73. The normalized spacial score (nSPS) is 21.5. The molecular formula is C15H13N5O2S. The van der Waals surface area contributed by atoms with Gasteiger partial charge < -0.3 is 10.2 Å². The Labute approximate surface area is 136 Å². The standard InChI is InChI=1S/C15H13N5O2S/c21-12(20-6-5-9-3-1-2-4-11(9)20)8-23-15-17-13-10(7-16-19-13)14(22)18-15/h1-4,7,13H,5-6,8H2,(H,17,18,22). The minimum absolute atomic E-state index is 0.00582. The lowest BCUT2D eigenvalue weighted by atomic mass is 10.2. The maximum Gasteiger partial charge on any atom is 0.258 e. The van der Waals surface area contributed by atoms with E-state index < -0.39 is 6.17 Å². The van der Waals surface area contributed by atoms with Crippen molar-refractivity contribution in [2.45, 2.75) is 12.6 Å². The minimum Gasteiger partial charge on any atom is -0.311 e. The summed E-state index contributed by atoms with van der Waals surface area (Å²) in [4.78, 5) is 30.4. The predicted octanol–water partition coefficient (Wildman–Crippen LogP) is 1.47. The molecule has 0 fully saturated rings. The summed E-state index contributed by atoms with van der Waals surface area (Å²) in [5.74, 6) is -0.0288. The van der Waals surface area contributed by atoms with Crippen LogP contribution in [-0.2, 0) is 16.0 Å². The van der Waals surface area contributed by atoms with Gasteiger partial charge in [0.2, 0.25) is 5.91 Å². The second kappa shape index (κ2) is 5.62. The second-order valence-corrected chi connectivity index (χ2v) is 6.25. The van der Waals surface area contributed by atoms with Gasteiger partial charge in [0.25, 0.3) is 5.91 Å². The number of amides is 2. The Kier molecular flexibility index (Phi) is 3.45. The van der Waals surface area contributed by atoms with E-state index in [-0.39, 0.29) is 17.6 Å². The van der Waals surface area contributed by atoms with E-state index in [1.807, 2.05) is 24.3 Å². The largest absolute Gasteiger partial charge is 0.311 e. The summed E-state index contributed by atoms with van der Waals surface area (Å²) >= 11 is 1.22. The van der Waals surface area contributed by atoms with Crippen LogP contribution in [0.25, 0.3) is 0 Å². The van der Waals surface area contributed by atoms with Gasteiger partial charge in [-0.3, -0.25) is 9.59 Å². The summed E-state index contributed by atoms with van der Waals surface area (Å²) in [5, 5.41) is 10.7. The number of carbonyl (C=O) groups is 2. The Morgan fingerprint density at radius 1 is 1.39 bits per heavy atom. The monoisotopic (exact) mass is 327 g/mol. The van der Waals surface area contributed by atoms with Gasteiger partial charge in [-0.25, -0.2) is 4.99 Å². The minimum atomic E-state index is -0.561. The molecule has 1 aromatic carbocycles. The second-order valence-electron chi connectivity index (χ2n) is 5.29. The molecule has 0 saturated heterocycles. The van der Waals surface area contributed by atoms with Crippen molar-refractivity contribution in [1.29, 1.82) is 0 Å². The van der Waals surface area contributed by atoms with Crippen molar-refractivity contribution in [3.8, 4) is 0 Å². The fourth-order valence-corrected chi connectivity index (χ4v) is 3.51. The van der Waals surface area contributed by atoms with Crippen LogP contribution in [0.15, 0.2) is 51.3 Å². The molecular weight excluding hydrogens is 314 g/mol. The highest BCUT2D eigenvalue weighted by Crippen LogP contribution is 2.28. The lowest BCUT2D eigenvalue weighted by molar-refractivity contribution is -0.117. The molecule has 1 atom stereocenters. The zero-order valence-corrected chi connectivity index (χ0v) is 12.9. The van der Waals surface area contributed by atoms with Crippen LogP contribution in [0.2, 0.25) is 0 Å². The number of azo groups is 1. The number of para-hydroxylation sites is 1. The lowest BCUT2D eigenvalue weighted by Gasteiger charge is -2.19. The molecule has 0 aromatic heterocycles. The first-order valence-electron chi connectivity index (χ1n) is 7.22. The number of hydrogen-bond acceptors (Lipinski definition) is 6. The molecule has 1 N–H and O–H groups in total. The Bertz CT molecular complexity index is 786. The number of carbonyl (C=O) groups excluding carboxylic acids is 2. The summed E-state index contributed by atoms with van der Waals surface area (Å²) < 4.78 is 0. The fourth-order valence-electron chi connectivity index (χ4n) is 2.75. The molecule has 4 rings (SSSR count). The molecule has 0 spiro atoms. The van der Waals surface area contributed by atoms with E-state index in [1.54, 1.807) is 4.90 Å². The highest BCUT2D eigenvalue weighted by molar-refractivity contribution is 8.14. The van der Waals surface area contributed by atoms with Crippen LogP contribution in [0.3, 0.4) is 0 Å². The van der Waals surface area contributed by atoms with Gasteiger partial charge in [-0.1, -0.05) is 30.0 Å². The van der Waals surface area contributed by atoms with E-state index >= 15 is 0 Å². The molecule has 0 bridgehead atoms. The first-order chi connectivity index (χ1) is 11.2. The lowest BCUT2D eigenvalue weighted by Crippen LogP contribution is -2.39. The Hall–Kier alpha value is -2.48. The first kappa shape index (κ1) is 14.1. The molecule has 1 unspecified atom stereocenters. The number of amidine groups is 1. The Balaban J connectivity index is 1.42. The average Bonchev–Trinajstić information content (AvgIpc) is 3.19. The molecule has 7 nitrogen and oxygen atoms in total. The summed E-state index contributed by atoms with van der Waals surface area (Å²) in [6, 6.07) is 7.91. The summed E-state index contributed by atoms with van der Waals surface area (Å²) in [7, 11) is 0. The summed E-state index contributed by atoms with van der Waals surface area (Å²) in [5.41, 5.74) is 2.60. The molecule has 3 heterocycles. The average molecular weight is 327 g/mol. The first-order valence-corrected chi connectivity index (χ1v) is 8.21. The van der Waals surface area contributed by atoms with Crippen LogP contribution in [0.4, 0.5) is 5.69 Å². The highest BCUT2D eigenvalue weighted by atomic mass is 32.2. The molecule has 23 heavy (non-hydrogen) atoms. The van der Waals surface area contributed by atoms with Crippen molar-refractivity contribution in [3.63, 3.8) is 0 Å². The van der Waals surface area contributed by atoms with Crippen LogP contribution < -0.4 is 10.2 Å². The maximum absolute atomic E-state index is 12.4. The van der Waals surface area contributed by atoms with Crippen LogP contribution >= 0.6 is 11.8 Å². The van der Waals surface area contributed by atoms with Crippen molar-refractivity contribution in [2.24, 2.45) is 15.2 Å². The number of anilines is 1. The van der Waals surface area contributed by atoms with E-state index in [4.69, 9.17) is 0 Å². The third-order valence-electron chi connectivity index (χ3n) is 3.89. The molecule has 1 aromatic rings. The topological polar surface area (TPSA) is 86.5 Å². The van der Waals surface area contributed by atoms with Crippen LogP contribution in [0.5, 0.6) is 0 Å². The number of aliphatic imine (C=N–C) groups is 1. The van der Waals surface area contributed by atoms with Crippen LogP contribution in [0, 0.1) is 0 Å². The van der Waals surface area contributed by atoms with E-state index in [1.165, 1.54) is 23.5 Å². The molecule has 8 heteroatoms. The smallest absolute Gasteiger partial charge is 0.258 e. The van der Waals surface area contributed by atoms with E-state index in [9.17, 15) is 9.59 Å². The number of rotatable bonds is 2. The van der Waals surface area contributed by atoms with E-state index in [0.717, 1.165) is 12.1 Å². The summed E-state index contributed by atoms with van der Waals surface area (Å²) in [6.45, 7) is 0.696. The zero-order chi connectivity index (χ0) is 15.8. The van der Waals surface area contributed by atoms with Gasteiger partial charge in [0, 0.05) is 12.2 Å². The van der Waals surface area contributed by atoms with E-state index in [2.05, 4.69) is 20.5 Å². The quantitative estimate of drug-likeness (QED) is 0.892. The van der Waals surface area contributed by atoms with Gasteiger partial charge in [0.15, 0.2) is 11.3 Å². The van der Waals surface area contributed by atoms with Crippen molar-refractivity contribution >= 4 is 34.4 Å². The van der Waals surface area contributed by atoms with Crippen molar-refractivity contribution in [1.82, 2.24) is 5.32 Å². The molecule has 0 radical (unpaired) electrons. The fraction of sp³-hybridized carbons (Fsp3) is 0.267. The molecule has 116 valence electrons. The van der Waals surface area contributed by atoms with Crippen molar-refractivity contribution in [2.75, 3.05) is 17.2 Å². The third kappa shape index (κ3) is 2.55. The molecule has 3 aliphatic rings. The molecule has 3 aliphatic heterocycles. The number of thioether (sulfide) groups is 1. The van der Waals surface area contributed by atoms with Gasteiger partial charge in [0.05, 0.1) is 17.5 Å². The molecule has 0 saturated carbocycles. The third-order valence-corrected chi connectivity index (χ3v) is 4.77. The predicted molar refractivity (Wildman–Crippen MR) is 87.3 cm³/mol. The van der Waals surface area contributed by atoms with Gasteiger partial charge in [0.1, 0.15) is 0 Å². The van der Waals surface area contributed by atoms with Crippen molar-refractivity contribution < 1.29 is 9.59 Å². The SMILES string of the molecule is O=C1NC(SCC(=O)N2CCc3ccccc32)=NC2N=NC=C12. The zero-order valence-electron chi connectivity index (χ0n) is 12.1. The van der Waals surface area contributed by atoms with Gasteiger partial charge in [-0.2, -0.15) is 10.2 Å². The van der Waals surface area contributed by atoms with Crippen LogP contribution in [0.1, 0.15) is 5.56 Å². The number of nitrogens with zero attached hydrogens (tertiary/aromatic N) is 4. The maximum atomic E-state index is 12.4. The number of hydrogen-bond donors (Lipinski definition) is 1. The number of nitrogens with one attached hydrogen (secondary N) is 1. The Morgan fingerprint density at radius 3 is 3.17 bits per heavy atom. The van der Waals surface area contributed by atoms with Gasteiger partial charge in [-0.15, -0.1) is 0 Å². The van der Waals surface area contributed by atoms with Gasteiger partial charge >= 0.3 is 0 Å². The Morgan fingerprint density at radius 2 is 2.26 bits per heavy atom. The van der Waals surface area contributed by atoms with E-state index in [0.29, 0.717) is 17.3 Å². The highest BCUT2D eigenvalue weighted by Gasteiger charge is 2.31. The number of fused-ring (bicyclic) bond motifs is 2. The molecule has 0 aliphatic carbocycles. The van der Waals surface area contributed by atoms with Crippen LogP contribution in [-0.4, -0.2) is 35.4 Å². The van der Waals surface area contributed by atoms with Gasteiger partial charge in [-0.05, 0) is 18.1 Å².